The van der Waals surface area contributed by atoms with Crippen molar-refractivity contribution in [3.63, 3.8) is 0 Å². The van der Waals surface area contributed by atoms with E-state index < -0.39 is 0 Å². The molecular formula is C22H18Cl2N4O. The second-order valence-electron chi connectivity index (χ2n) is 6.79. The SMILES string of the molecule is Cc1nn(C)c(C)c1-c1cc(C(=O)Nc2c(Cl)cccc2Cl)c2ccccc2n1. The third kappa shape index (κ3) is 3.48. The minimum Gasteiger partial charge on any atom is -0.319 e. The van der Waals surface area contributed by atoms with Crippen molar-refractivity contribution < 1.29 is 4.79 Å². The first-order valence-corrected chi connectivity index (χ1v) is 9.78. The molecule has 0 saturated carbocycles. The molecule has 1 N–H and O–H groups in total. The van der Waals surface area contributed by atoms with Crippen molar-refractivity contribution in [3.05, 3.63) is 75.5 Å². The van der Waals surface area contributed by atoms with Crippen LogP contribution in [0.5, 0.6) is 0 Å². The molecule has 2 aromatic carbocycles. The molecule has 2 heterocycles. The third-order valence-electron chi connectivity index (χ3n) is 4.93. The Kier molecular flexibility index (Phi) is 5.03. The lowest BCUT2D eigenvalue weighted by atomic mass is 10.0. The van der Waals surface area contributed by atoms with Crippen LogP contribution in [0.3, 0.4) is 0 Å². The molecule has 0 aliphatic carbocycles. The molecule has 2 aromatic heterocycles. The van der Waals surface area contributed by atoms with E-state index in [2.05, 4.69) is 10.4 Å². The number of fused-ring (bicyclic) bond motifs is 1. The zero-order chi connectivity index (χ0) is 20.7. The summed E-state index contributed by atoms with van der Waals surface area (Å²) in [7, 11) is 1.89. The number of amides is 1. The Bertz CT molecular complexity index is 1240. The number of aromatic nitrogens is 3. The molecule has 0 spiro atoms. The van der Waals surface area contributed by atoms with Crippen LogP contribution in [0, 0.1) is 13.8 Å². The first-order chi connectivity index (χ1) is 13.9. The number of hydrogen-bond acceptors (Lipinski definition) is 3. The van der Waals surface area contributed by atoms with E-state index in [1.807, 2.05) is 49.8 Å². The van der Waals surface area contributed by atoms with Gasteiger partial charge < -0.3 is 5.32 Å². The maximum absolute atomic E-state index is 13.2. The number of para-hydroxylation sites is 2. The second kappa shape index (κ2) is 7.50. The van der Waals surface area contributed by atoms with Gasteiger partial charge in [-0.1, -0.05) is 47.5 Å². The fraction of sp³-hybridized carbons (Fsp3) is 0.136. The molecule has 29 heavy (non-hydrogen) atoms. The van der Waals surface area contributed by atoms with Gasteiger partial charge in [-0.3, -0.25) is 9.48 Å². The van der Waals surface area contributed by atoms with Crippen LogP contribution in [-0.4, -0.2) is 20.7 Å². The van der Waals surface area contributed by atoms with Gasteiger partial charge in [0, 0.05) is 23.7 Å². The maximum Gasteiger partial charge on any atom is 0.256 e. The number of carbonyl (C=O) groups is 1. The Hall–Kier alpha value is -2.89. The molecule has 4 aromatic rings. The van der Waals surface area contributed by atoms with Crippen molar-refractivity contribution in [2.24, 2.45) is 7.05 Å². The third-order valence-corrected chi connectivity index (χ3v) is 5.56. The summed E-state index contributed by atoms with van der Waals surface area (Å²) in [6.07, 6.45) is 0. The monoisotopic (exact) mass is 424 g/mol. The van der Waals surface area contributed by atoms with Crippen molar-refractivity contribution >= 4 is 45.7 Å². The maximum atomic E-state index is 13.2. The largest absolute Gasteiger partial charge is 0.319 e. The van der Waals surface area contributed by atoms with E-state index in [0.717, 1.165) is 27.9 Å². The van der Waals surface area contributed by atoms with Crippen LogP contribution in [-0.2, 0) is 7.05 Å². The molecule has 146 valence electrons. The van der Waals surface area contributed by atoms with Crippen molar-refractivity contribution in [1.29, 1.82) is 0 Å². The zero-order valence-corrected chi connectivity index (χ0v) is 17.6. The molecule has 0 radical (unpaired) electrons. The summed E-state index contributed by atoms with van der Waals surface area (Å²) in [5, 5.41) is 8.83. The van der Waals surface area contributed by atoms with Gasteiger partial charge >= 0.3 is 0 Å². The van der Waals surface area contributed by atoms with E-state index in [0.29, 0.717) is 27.0 Å². The topological polar surface area (TPSA) is 59.8 Å². The van der Waals surface area contributed by atoms with Crippen molar-refractivity contribution in [2.75, 3.05) is 5.32 Å². The summed E-state index contributed by atoms with van der Waals surface area (Å²) in [5.41, 5.74) is 5.05. The van der Waals surface area contributed by atoms with Crippen molar-refractivity contribution in [3.8, 4) is 11.3 Å². The van der Waals surface area contributed by atoms with Gasteiger partial charge in [-0.2, -0.15) is 5.10 Å². The molecule has 0 aliphatic heterocycles. The summed E-state index contributed by atoms with van der Waals surface area (Å²) in [5.74, 6) is -0.306. The van der Waals surface area contributed by atoms with E-state index in [1.54, 1.807) is 24.3 Å². The smallest absolute Gasteiger partial charge is 0.256 e. The number of hydrogen-bond donors (Lipinski definition) is 1. The molecule has 0 saturated heterocycles. The molecule has 5 nitrogen and oxygen atoms in total. The van der Waals surface area contributed by atoms with Crippen LogP contribution >= 0.6 is 23.2 Å². The number of anilines is 1. The Morgan fingerprint density at radius 3 is 2.38 bits per heavy atom. The molecule has 0 unspecified atom stereocenters. The lowest BCUT2D eigenvalue weighted by Gasteiger charge is -2.12. The highest BCUT2D eigenvalue weighted by molar-refractivity contribution is 6.40. The van der Waals surface area contributed by atoms with Crippen LogP contribution in [0.4, 0.5) is 5.69 Å². The summed E-state index contributed by atoms with van der Waals surface area (Å²) in [4.78, 5) is 18.0. The molecule has 0 atom stereocenters. The minimum absolute atomic E-state index is 0.306. The predicted octanol–water partition coefficient (Wildman–Crippen LogP) is 5.81. The molecule has 0 fully saturated rings. The standard InChI is InChI=1S/C22H18Cl2N4O/c1-12-20(13(2)28(3)27-12)19-11-15(14-7-4-5-10-18(14)25-19)22(29)26-21-16(23)8-6-9-17(21)24/h4-11H,1-3H3,(H,26,29). The van der Waals surface area contributed by atoms with Crippen molar-refractivity contribution in [2.45, 2.75) is 13.8 Å². The lowest BCUT2D eigenvalue weighted by molar-refractivity contribution is 0.102. The van der Waals surface area contributed by atoms with Gasteiger partial charge in [-0.05, 0) is 38.1 Å². The fourth-order valence-electron chi connectivity index (χ4n) is 3.43. The lowest BCUT2D eigenvalue weighted by Crippen LogP contribution is -2.14. The quantitative estimate of drug-likeness (QED) is 0.451. The Labute approximate surface area is 178 Å². The van der Waals surface area contributed by atoms with E-state index in [1.165, 1.54) is 0 Å². The van der Waals surface area contributed by atoms with E-state index in [-0.39, 0.29) is 5.91 Å². The first kappa shape index (κ1) is 19.4. The summed E-state index contributed by atoms with van der Waals surface area (Å²) in [6, 6.07) is 14.4. The summed E-state index contributed by atoms with van der Waals surface area (Å²) >= 11 is 12.5. The molecular weight excluding hydrogens is 407 g/mol. The van der Waals surface area contributed by atoms with Crippen LogP contribution in [0.2, 0.25) is 10.0 Å². The molecule has 4 rings (SSSR count). The van der Waals surface area contributed by atoms with Gasteiger partial charge in [-0.25, -0.2) is 4.98 Å². The average Bonchev–Trinajstić information content (AvgIpc) is 2.95. The van der Waals surface area contributed by atoms with Gasteiger partial charge in [0.1, 0.15) is 0 Å². The second-order valence-corrected chi connectivity index (χ2v) is 7.61. The number of nitrogens with one attached hydrogen (secondary N) is 1. The van der Waals surface area contributed by atoms with Gasteiger partial charge in [0.05, 0.1) is 38.2 Å². The van der Waals surface area contributed by atoms with Gasteiger partial charge in [0.15, 0.2) is 0 Å². The van der Waals surface area contributed by atoms with E-state index in [4.69, 9.17) is 28.2 Å². The van der Waals surface area contributed by atoms with Crippen molar-refractivity contribution in [1.82, 2.24) is 14.8 Å². The average molecular weight is 425 g/mol. The Morgan fingerprint density at radius 1 is 1.03 bits per heavy atom. The predicted molar refractivity (Wildman–Crippen MR) is 118 cm³/mol. The Morgan fingerprint density at radius 2 is 1.72 bits per heavy atom. The zero-order valence-electron chi connectivity index (χ0n) is 16.1. The van der Waals surface area contributed by atoms with Crippen LogP contribution in [0.25, 0.3) is 22.2 Å². The number of pyridine rings is 1. The number of nitrogens with zero attached hydrogens (tertiary/aromatic N) is 3. The Balaban J connectivity index is 1.88. The molecule has 1 amide bonds. The number of carbonyl (C=O) groups excluding carboxylic acids is 1. The summed E-state index contributed by atoms with van der Waals surface area (Å²) < 4.78 is 1.81. The highest BCUT2D eigenvalue weighted by atomic mass is 35.5. The number of benzene rings is 2. The number of halogens is 2. The molecule has 0 aliphatic rings. The van der Waals surface area contributed by atoms with E-state index in [9.17, 15) is 4.79 Å². The highest BCUT2D eigenvalue weighted by Gasteiger charge is 2.19. The molecule has 7 heteroatoms. The van der Waals surface area contributed by atoms with Crippen LogP contribution in [0.1, 0.15) is 21.7 Å². The van der Waals surface area contributed by atoms with Gasteiger partial charge in [0.2, 0.25) is 0 Å². The normalized spacial score (nSPS) is 11.1. The van der Waals surface area contributed by atoms with Crippen LogP contribution < -0.4 is 5.32 Å². The highest BCUT2D eigenvalue weighted by Crippen LogP contribution is 2.32. The molecule has 0 bridgehead atoms. The van der Waals surface area contributed by atoms with Gasteiger partial charge in [0.25, 0.3) is 5.91 Å². The van der Waals surface area contributed by atoms with Crippen LogP contribution in [0.15, 0.2) is 48.5 Å². The number of aryl methyl sites for hydroxylation is 2. The summed E-state index contributed by atoms with van der Waals surface area (Å²) in [6.45, 7) is 3.91. The first-order valence-electron chi connectivity index (χ1n) is 9.02. The number of rotatable bonds is 3. The van der Waals surface area contributed by atoms with Gasteiger partial charge in [-0.15, -0.1) is 0 Å². The minimum atomic E-state index is -0.306. The van der Waals surface area contributed by atoms with E-state index >= 15 is 0 Å². The fourth-order valence-corrected chi connectivity index (χ4v) is 3.93.